The van der Waals surface area contributed by atoms with E-state index < -0.39 is 0 Å². The highest BCUT2D eigenvalue weighted by atomic mass is 16.5. The molecule has 0 radical (unpaired) electrons. The number of rotatable bonds is 23. The van der Waals surface area contributed by atoms with Gasteiger partial charge in [-0.1, -0.05) is 277 Å². The van der Waals surface area contributed by atoms with Crippen molar-refractivity contribution in [3.63, 3.8) is 0 Å². The Kier molecular flexibility index (Phi) is 135. The SMILES string of the molecule is CCCCCC.CCCCCC.CCCCCC.CCCCCC.CCCCCC.CCCCCC.CCCCCC.CCOC(C)=O.CCOC(C)=O. The molecule has 0 spiro atoms. The van der Waals surface area contributed by atoms with Crippen LogP contribution in [0.1, 0.15) is 304 Å². The second-order valence-electron chi connectivity index (χ2n) is 13.8. The number of hydrogen-bond donors (Lipinski definition) is 0. The molecule has 0 aromatic carbocycles. The predicted molar refractivity (Wildman–Crippen MR) is 253 cm³/mol. The van der Waals surface area contributed by atoms with Gasteiger partial charge in [0.05, 0.1) is 13.2 Å². The fraction of sp³-hybridized carbons (Fsp3) is 0.960. The third-order valence-corrected chi connectivity index (χ3v) is 7.39. The van der Waals surface area contributed by atoms with Crippen LogP contribution in [0.25, 0.3) is 0 Å². The molecule has 0 aromatic heterocycles. The lowest BCUT2D eigenvalue weighted by Gasteiger charge is -1.89. The van der Waals surface area contributed by atoms with Crippen molar-refractivity contribution >= 4 is 11.9 Å². The highest BCUT2D eigenvalue weighted by Crippen LogP contribution is 1.98. The highest BCUT2D eigenvalue weighted by Gasteiger charge is 1.83. The van der Waals surface area contributed by atoms with E-state index in [0.29, 0.717) is 13.2 Å². The zero-order valence-electron chi connectivity index (χ0n) is 41.8. The molecule has 0 atom stereocenters. The maximum Gasteiger partial charge on any atom is 0.302 e. The van der Waals surface area contributed by atoms with Crippen molar-refractivity contribution in [2.24, 2.45) is 0 Å². The van der Waals surface area contributed by atoms with E-state index in [9.17, 15) is 9.59 Å². The first-order valence-electron chi connectivity index (χ1n) is 24.2. The summed E-state index contributed by atoms with van der Waals surface area (Å²) in [6.45, 7) is 38.6. The van der Waals surface area contributed by atoms with Gasteiger partial charge in [-0.05, 0) is 13.8 Å². The smallest absolute Gasteiger partial charge is 0.302 e. The van der Waals surface area contributed by atoms with E-state index in [0.717, 1.165) is 0 Å². The first-order valence-corrected chi connectivity index (χ1v) is 24.2. The fourth-order valence-corrected chi connectivity index (χ4v) is 3.91. The monoisotopic (exact) mass is 779 g/mol. The lowest BCUT2D eigenvalue weighted by atomic mass is 10.2. The van der Waals surface area contributed by atoms with Gasteiger partial charge in [-0.3, -0.25) is 9.59 Å². The Morgan fingerprint density at radius 3 is 0.352 bits per heavy atom. The number of esters is 2. The Morgan fingerprint density at radius 1 is 0.241 bits per heavy atom. The van der Waals surface area contributed by atoms with Crippen molar-refractivity contribution in [2.45, 2.75) is 304 Å². The van der Waals surface area contributed by atoms with E-state index in [4.69, 9.17) is 0 Å². The fourth-order valence-electron chi connectivity index (χ4n) is 3.91. The number of carbonyl (C=O) groups excluding carboxylic acids is 2. The van der Waals surface area contributed by atoms with Gasteiger partial charge in [-0.2, -0.15) is 0 Å². The third kappa shape index (κ3) is 189. The molecule has 0 unspecified atom stereocenters. The Morgan fingerprint density at radius 2 is 0.333 bits per heavy atom. The average molecular weight is 779 g/mol. The summed E-state index contributed by atoms with van der Waals surface area (Å²) in [5.41, 5.74) is 0. The molecule has 0 saturated carbocycles. The molecule has 0 saturated heterocycles. The predicted octanol–water partition coefficient (Wildman–Crippen LogP) is 19.2. The first kappa shape index (κ1) is 74.0. The van der Waals surface area contributed by atoms with Crippen molar-refractivity contribution in [2.75, 3.05) is 13.2 Å². The van der Waals surface area contributed by atoms with Gasteiger partial charge in [0.2, 0.25) is 0 Å². The molecule has 4 nitrogen and oxygen atoms in total. The molecule has 54 heavy (non-hydrogen) atoms. The molecule has 0 aliphatic rings. The van der Waals surface area contributed by atoms with Crippen LogP contribution < -0.4 is 0 Å². The van der Waals surface area contributed by atoms with Crippen LogP contribution in [0.2, 0.25) is 0 Å². The molecule has 0 aliphatic carbocycles. The zero-order valence-corrected chi connectivity index (χ0v) is 41.8. The molecule has 0 N–H and O–H groups in total. The maximum absolute atomic E-state index is 9.82. The largest absolute Gasteiger partial charge is 0.466 e. The van der Waals surface area contributed by atoms with Crippen molar-refractivity contribution in [1.82, 2.24) is 0 Å². The van der Waals surface area contributed by atoms with E-state index >= 15 is 0 Å². The van der Waals surface area contributed by atoms with Crippen LogP contribution in [0.3, 0.4) is 0 Å². The van der Waals surface area contributed by atoms with E-state index in [1.54, 1.807) is 13.8 Å². The third-order valence-electron chi connectivity index (χ3n) is 7.39. The summed E-state index contributed by atoms with van der Waals surface area (Å²) in [6, 6.07) is 0. The molecule has 0 fully saturated rings. The minimum absolute atomic E-state index is 0.211. The summed E-state index contributed by atoms with van der Waals surface area (Å²) in [6.07, 6.45) is 38.8. The van der Waals surface area contributed by atoms with Crippen molar-refractivity contribution in [1.29, 1.82) is 0 Å². The van der Waals surface area contributed by atoms with Gasteiger partial charge < -0.3 is 9.47 Å². The van der Waals surface area contributed by atoms with Crippen LogP contribution in [0.15, 0.2) is 0 Å². The van der Waals surface area contributed by atoms with Gasteiger partial charge in [0.25, 0.3) is 0 Å². The first-order chi connectivity index (χ1) is 25.9. The van der Waals surface area contributed by atoms with Gasteiger partial charge in [-0.25, -0.2) is 0 Å². The summed E-state index contributed by atoms with van der Waals surface area (Å²) in [5, 5.41) is 0. The van der Waals surface area contributed by atoms with Crippen LogP contribution in [0.4, 0.5) is 0 Å². The molecular weight excluding hydrogens is 665 g/mol. The summed E-state index contributed by atoms with van der Waals surface area (Å²) in [5.74, 6) is -0.421. The van der Waals surface area contributed by atoms with Crippen LogP contribution in [-0.4, -0.2) is 25.2 Å². The molecule has 4 heteroatoms. The topological polar surface area (TPSA) is 52.6 Å². The van der Waals surface area contributed by atoms with Crippen molar-refractivity contribution in [3.05, 3.63) is 0 Å². The van der Waals surface area contributed by atoms with Crippen LogP contribution >= 0.6 is 0 Å². The number of hydrogen-bond acceptors (Lipinski definition) is 4. The van der Waals surface area contributed by atoms with Crippen molar-refractivity contribution < 1.29 is 19.1 Å². The van der Waals surface area contributed by atoms with Gasteiger partial charge in [-0.15, -0.1) is 0 Å². The molecular formula is C50H114O4. The Balaban J connectivity index is -0.0000000603. The summed E-state index contributed by atoms with van der Waals surface area (Å²) >= 11 is 0. The van der Waals surface area contributed by atoms with Gasteiger partial charge in [0.1, 0.15) is 0 Å². The van der Waals surface area contributed by atoms with Gasteiger partial charge in [0, 0.05) is 13.8 Å². The molecule has 0 heterocycles. The van der Waals surface area contributed by atoms with Gasteiger partial charge >= 0.3 is 11.9 Å². The normalized spacial score (nSPS) is 8.70. The lowest BCUT2D eigenvalue weighted by Crippen LogP contribution is -1.95. The maximum atomic E-state index is 9.82. The second kappa shape index (κ2) is 98.8. The molecule has 0 amide bonds. The second-order valence-corrected chi connectivity index (χ2v) is 13.8. The van der Waals surface area contributed by atoms with Crippen molar-refractivity contribution in [3.8, 4) is 0 Å². The van der Waals surface area contributed by atoms with E-state index in [1.165, 1.54) is 194 Å². The summed E-state index contributed by atoms with van der Waals surface area (Å²) in [4.78, 5) is 19.6. The highest BCUT2D eigenvalue weighted by molar-refractivity contribution is 5.66. The van der Waals surface area contributed by atoms with E-state index in [-0.39, 0.29) is 11.9 Å². The van der Waals surface area contributed by atoms with E-state index in [1.807, 2.05) is 0 Å². The zero-order chi connectivity index (χ0) is 43.8. The van der Waals surface area contributed by atoms with E-state index in [2.05, 4.69) is 106 Å². The number of unbranched alkanes of at least 4 members (excludes halogenated alkanes) is 21. The lowest BCUT2D eigenvalue weighted by molar-refractivity contribution is -0.141. The molecule has 0 aliphatic heterocycles. The summed E-state index contributed by atoms with van der Waals surface area (Å²) < 4.78 is 8.81. The molecule has 0 rings (SSSR count). The average Bonchev–Trinajstić information content (AvgIpc) is 3.17. The summed E-state index contributed by atoms with van der Waals surface area (Å²) in [7, 11) is 0. The molecule has 0 aromatic rings. The Hall–Kier alpha value is -1.06. The quantitative estimate of drug-likeness (QED) is 0.0766. The van der Waals surface area contributed by atoms with Gasteiger partial charge in [0.15, 0.2) is 0 Å². The van der Waals surface area contributed by atoms with Crippen LogP contribution in [-0.2, 0) is 19.1 Å². The van der Waals surface area contributed by atoms with Crippen LogP contribution in [0.5, 0.6) is 0 Å². The molecule has 338 valence electrons. The number of carbonyl (C=O) groups is 2. The van der Waals surface area contributed by atoms with Crippen LogP contribution in [0, 0.1) is 0 Å². The molecule has 0 bridgehead atoms. The minimum atomic E-state index is -0.211. The number of ether oxygens (including phenoxy) is 2. The Bertz CT molecular complexity index is 370. The minimum Gasteiger partial charge on any atom is -0.466 e. The standard InChI is InChI=1S/7C6H14.2C4H8O2/c7*1-3-5-6-4-2;2*1-3-6-4(2)5/h7*3-6H2,1-2H3;2*3H2,1-2H3. The Labute approximate surface area is 347 Å².